The van der Waals surface area contributed by atoms with E-state index in [1.807, 2.05) is 0 Å². The van der Waals surface area contributed by atoms with Gasteiger partial charge in [0.1, 0.15) is 5.58 Å². The van der Waals surface area contributed by atoms with E-state index in [-0.39, 0.29) is 16.8 Å². The number of hydrogen-bond donors (Lipinski definition) is 2. The van der Waals surface area contributed by atoms with Crippen molar-refractivity contribution in [2.45, 2.75) is 0 Å². The number of rotatable bonds is 3. The van der Waals surface area contributed by atoms with Crippen LogP contribution in [0, 0.1) is 0 Å². The van der Waals surface area contributed by atoms with Gasteiger partial charge in [-0.1, -0.05) is 18.2 Å². The summed E-state index contributed by atoms with van der Waals surface area (Å²) >= 11 is 0. The van der Waals surface area contributed by atoms with Gasteiger partial charge in [0.05, 0.1) is 10.9 Å². The Hall–Kier alpha value is -3.41. The molecule has 0 aliphatic carbocycles. The smallest absolute Gasteiger partial charge is 0.335 e. The number of anilines is 1. The maximum absolute atomic E-state index is 12.2. The molecule has 6 nitrogen and oxygen atoms in total. The summed E-state index contributed by atoms with van der Waals surface area (Å²) in [6.07, 6.45) is 0. The third-order valence-corrected chi connectivity index (χ3v) is 3.23. The SMILES string of the molecule is O=C(O)c1cccc(NC(=O)c2cc(=O)c3ccccc3o2)c1. The van der Waals surface area contributed by atoms with Gasteiger partial charge in [0.2, 0.25) is 0 Å². The van der Waals surface area contributed by atoms with E-state index in [2.05, 4.69) is 5.32 Å². The molecule has 3 aromatic rings. The molecule has 2 N–H and O–H groups in total. The molecule has 0 saturated carbocycles. The van der Waals surface area contributed by atoms with Crippen molar-refractivity contribution in [3.8, 4) is 0 Å². The Morgan fingerprint density at radius 3 is 2.57 bits per heavy atom. The van der Waals surface area contributed by atoms with Crippen molar-refractivity contribution in [1.82, 2.24) is 0 Å². The van der Waals surface area contributed by atoms with Crippen LogP contribution in [-0.4, -0.2) is 17.0 Å². The first-order chi connectivity index (χ1) is 11.0. The van der Waals surface area contributed by atoms with Crippen molar-refractivity contribution in [1.29, 1.82) is 0 Å². The lowest BCUT2D eigenvalue weighted by molar-refractivity contribution is 0.0696. The predicted octanol–water partition coefficient (Wildman–Crippen LogP) is 2.74. The van der Waals surface area contributed by atoms with Crippen molar-refractivity contribution >= 4 is 28.5 Å². The van der Waals surface area contributed by atoms with Gasteiger partial charge in [-0.15, -0.1) is 0 Å². The summed E-state index contributed by atoms with van der Waals surface area (Å²) in [6.45, 7) is 0. The molecule has 6 heteroatoms. The fraction of sp³-hybridized carbons (Fsp3) is 0. The molecule has 0 radical (unpaired) electrons. The number of benzene rings is 2. The number of amides is 1. The van der Waals surface area contributed by atoms with E-state index in [9.17, 15) is 14.4 Å². The van der Waals surface area contributed by atoms with Gasteiger partial charge < -0.3 is 14.8 Å². The van der Waals surface area contributed by atoms with Crippen LogP contribution in [0.15, 0.2) is 63.8 Å². The van der Waals surface area contributed by atoms with E-state index in [1.165, 1.54) is 18.2 Å². The number of carboxylic acids is 1. The minimum atomic E-state index is -1.10. The molecule has 2 aromatic carbocycles. The second-order valence-corrected chi connectivity index (χ2v) is 4.81. The molecule has 0 fully saturated rings. The lowest BCUT2D eigenvalue weighted by Crippen LogP contribution is -2.15. The number of aromatic carboxylic acids is 1. The topological polar surface area (TPSA) is 96.6 Å². The van der Waals surface area contributed by atoms with Gasteiger partial charge in [-0.2, -0.15) is 0 Å². The van der Waals surface area contributed by atoms with Crippen molar-refractivity contribution in [2.24, 2.45) is 0 Å². The zero-order chi connectivity index (χ0) is 16.4. The first-order valence-corrected chi connectivity index (χ1v) is 6.72. The minimum absolute atomic E-state index is 0.0442. The Bertz CT molecular complexity index is 974. The van der Waals surface area contributed by atoms with Crippen LogP contribution in [0.5, 0.6) is 0 Å². The molecule has 23 heavy (non-hydrogen) atoms. The molecule has 114 valence electrons. The van der Waals surface area contributed by atoms with Gasteiger partial charge >= 0.3 is 5.97 Å². The highest BCUT2D eigenvalue weighted by molar-refractivity contribution is 6.03. The number of nitrogens with one attached hydrogen (secondary N) is 1. The van der Waals surface area contributed by atoms with E-state index < -0.39 is 11.9 Å². The van der Waals surface area contributed by atoms with Crippen LogP contribution in [0.25, 0.3) is 11.0 Å². The molecule has 1 heterocycles. The van der Waals surface area contributed by atoms with Crippen LogP contribution in [0.3, 0.4) is 0 Å². The third-order valence-electron chi connectivity index (χ3n) is 3.23. The molecule has 1 amide bonds. The zero-order valence-corrected chi connectivity index (χ0v) is 11.8. The van der Waals surface area contributed by atoms with Crippen LogP contribution in [0.4, 0.5) is 5.69 Å². The molecule has 1 aromatic heterocycles. The number of carbonyl (C=O) groups excluding carboxylic acids is 1. The maximum atomic E-state index is 12.2. The van der Waals surface area contributed by atoms with Gasteiger partial charge in [-0.05, 0) is 30.3 Å². The highest BCUT2D eigenvalue weighted by atomic mass is 16.4. The molecule has 0 aliphatic rings. The summed E-state index contributed by atoms with van der Waals surface area (Å²) in [7, 11) is 0. The molecule has 0 atom stereocenters. The van der Waals surface area contributed by atoms with E-state index in [0.717, 1.165) is 6.07 Å². The average Bonchev–Trinajstić information content (AvgIpc) is 2.55. The Morgan fingerprint density at radius 1 is 1.00 bits per heavy atom. The average molecular weight is 309 g/mol. The van der Waals surface area contributed by atoms with Crippen molar-refractivity contribution in [2.75, 3.05) is 5.32 Å². The lowest BCUT2D eigenvalue weighted by atomic mass is 10.2. The van der Waals surface area contributed by atoms with Crippen LogP contribution in [-0.2, 0) is 0 Å². The molecule has 0 spiro atoms. The van der Waals surface area contributed by atoms with Gasteiger partial charge in [0.25, 0.3) is 5.91 Å². The van der Waals surface area contributed by atoms with Crippen LogP contribution in [0.1, 0.15) is 20.9 Å². The number of hydrogen-bond acceptors (Lipinski definition) is 4. The molecule has 0 unspecified atom stereocenters. The van der Waals surface area contributed by atoms with Gasteiger partial charge in [0.15, 0.2) is 11.2 Å². The molecule has 0 bridgehead atoms. The van der Waals surface area contributed by atoms with Crippen LogP contribution >= 0.6 is 0 Å². The number of carboxylic acid groups (broad SMARTS) is 1. The molecular formula is C17H11NO5. The van der Waals surface area contributed by atoms with E-state index in [1.54, 1.807) is 30.3 Å². The van der Waals surface area contributed by atoms with Crippen molar-refractivity contribution < 1.29 is 19.1 Å². The Kier molecular flexibility index (Phi) is 3.64. The van der Waals surface area contributed by atoms with E-state index in [4.69, 9.17) is 9.52 Å². The summed E-state index contributed by atoms with van der Waals surface area (Å²) in [4.78, 5) is 35.1. The normalized spacial score (nSPS) is 10.4. The van der Waals surface area contributed by atoms with Crippen molar-refractivity contribution in [3.63, 3.8) is 0 Å². The number of para-hydroxylation sites is 1. The van der Waals surface area contributed by atoms with Gasteiger partial charge in [0, 0.05) is 11.8 Å². The second-order valence-electron chi connectivity index (χ2n) is 4.81. The standard InChI is InChI=1S/C17H11NO5/c19-13-9-15(23-14-7-2-1-6-12(13)14)16(20)18-11-5-3-4-10(8-11)17(21)22/h1-9H,(H,18,20)(H,21,22). The van der Waals surface area contributed by atoms with Gasteiger partial charge in [-0.25, -0.2) is 4.79 Å². The largest absolute Gasteiger partial charge is 0.478 e. The highest BCUT2D eigenvalue weighted by Gasteiger charge is 2.13. The fourth-order valence-corrected chi connectivity index (χ4v) is 2.14. The number of carbonyl (C=O) groups is 2. The molecule has 3 rings (SSSR count). The van der Waals surface area contributed by atoms with Crippen LogP contribution < -0.4 is 10.7 Å². The molecule has 0 saturated heterocycles. The summed E-state index contributed by atoms with van der Waals surface area (Å²) < 4.78 is 5.43. The Balaban J connectivity index is 1.93. The molecular weight excluding hydrogens is 298 g/mol. The van der Waals surface area contributed by atoms with E-state index in [0.29, 0.717) is 16.7 Å². The minimum Gasteiger partial charge on any atom is -0.478 e. The quantitative estimate of drug-likeness (QED) is 0.775. The first-order valence-electron chi connectivity index (χ1n) is 6.72. The van der Waals surface area contributed by atoms with Crippen molar-refractivity contribution in [3.05, 3.63) is 76.1 Å². The summed E-state index contributed by atoms with van der Waals surface area (Å²) in [5.74, 6) is -1.87. The maximum Gasteiger partial charge on any atom is 0.335 e. The monoisotopic (exact) mass is 309 g/mol. The highest BCUT2D eigenvalue weighted by Crippen LogP contribution is 2.15. The zero-order valence-electron chi connectivity index (χ0n) is 11.8. The first kappa shape index (κ1) is 14.5. The fourth-order valence-electron chi connectivity index (χ4n) is 2.14. The van der Waals surface area contributed by atoms with Crippen LogP contribution in [0.2, 0.25) is 0 Å². The molecule has 0 aliphatic heterocycles. The summed E-state index contributed by atoms with van der Waals surface area (Å²) in [6, 6.07) is 13.5. The Morgan fingerprint density at radius 2 is 1.78 bits per heavy atom. The third kappa shape index (κ3) is 2.96. The van der Waals surface area contributed by atoms with Gasteiger partial charge in [-0.3, -0.25) is 9.59 Å². The number of fused-ring (bicyclic) bond motifs is 1. The summed E-state index contributed by atoms with van der Waals surface area (Å²) in [5.41, 5.74) is 0.328. The predicted molar refractivity (Wildman–Crippen MR) is 83.8 cm³/mol. The lowest BCUT2D eigenvalue weighted by Gasteiger charge is -2.06. The summed E-state index contributed by atoms with van der Waals surface area (Å²) in [5, 5.41) is 11.8. The van der Waals surface area contributed by atoms with E-state index >= 15 is 0 Å². The second kappa shape index (κ2) is 5.76. The Labute approximate surface area is 130 Å².